The van der Waals surface area contributed by atoms with E-state index in [-0.39, 0.29) is 0 Å². The minimum Gasteiger partial charge on any atom is -0.310 e. The molecule has 0 aromatic carbocycles. The van der Waals surface area contributed by atoms with Crippen molar-refractivity contribution in [1.82, 2.24) is 10.3 Å². The highest BCUT2D eigenvalue weighted by Crippen LogP contribution is 2.16. The van der Waals surface area contributed by atoms with Gasteiger partial charge in [-0.25, -0.2) is 4.98 Å². The summed E-state index contributed by atoms with van der Waals surface area (Å²) < 4.78 is 0. The van der Waals surface area contributed by atoms with Crippen LogP contribution in [0.25, 0.3) is 0 Å². The number of hydrogen-bond acceptors (Lipinski definition) is 3. The first-order valence-electron chi connectivity index (χ1n) is 5.81. The molecule has 0 aliphatic heterocycles. The predicted molar refractivity (Wildman–Crippen MR) is 67.4 cm³/mol. The third-order valence-electron chi connectivity index (χ3n) is 2.94. The van der Waals surface area contributed by atoms with Crippen molar-refractivity contribution < 1.29 is 0 Å². The molecule has 1 N–H and O–H groups in total. The van der Waals surface area contributed by atoms with Crippen molar-refractivity contribution >= 4 is 11.3 Å². The van der Waals surface area contributed by atoms with Crippen LogP contribution in [0.1, 0.15) is 42.3 Å². The maximum Gasteiger partial charge on any atom is 0.107 e. The molecule has 2 nitrogen and oxygen atoms in total. The highest BCUT2D eigenvalue weighted by atomic mass is 32.1. The molecule has 86 valence electrons. The van der Waals surface area contributed by atoms with Crippen LogP contribution in [0.15, 0.2) is 0 Å². The van der Waals surface area contributed by atoms with E-state index in [1.165, 1.54) is 28.4 Å². The number of rotatable bonds is 6. The van der Waals surface area contributed by atoms with Gasteiger partial charge in [-0.05, 0) is 26.3 Å². The molecule has 0 aliphatic carbocycles. The van der Waals surface area contributed by atoms with Crippen LogP contribution in [0.5, 0.6) is 0 Å². The molecule has 0 aliphatic rings. The van der Waals surface area contributed by atoms with Gasteiger partial charge in [0.2, 0.25) is 0 Å². The van der Waals surface area contributed by atoms with Crippen LogP contribution >= 0.6 is 11.3 Å². The van der Waals surface area contributed by atoms with Crippen molar-refractivity contribution in [2.45, 2.75) is 47.1 Å². The Morgan fingerprint density at radius 2 is 1.93 bits per heavy atom. The predicted octanol–water partition coefficient (Wildman–Crippen LogP) is 3.29. The Kier molecular flexibility index (Phi) is 5.26. The summed E-state index contributed by atoms with van der Waals surface area (Å²) in [7, 11) is 0. The van der Waals surface area contributed by atoms with Crippen LogP contribution < -0.4 is 5.32 Å². The van der Waals surface area contributed by atoms with Gasteiger partial charge >= 0.3 is 0 Å². The Morgan fingerprint density at radius 1 is 1.27 bits per heavy atom. The van der Waals surface area contributed by atoms with E-state index >= 15 is 0 Å². The van der Waals surface area contributed by atoms with Crippen LogP contribution in [0.3, 0.4) is 0 Å². The van der Waals surface area contributed by atoms with E-state index in [0.717, 1.165) is 19.0 Å². The summed E-state index contributed by atoms with van der Waals surface area (Å²) in [5, 5.41) is 4.71. The van der Waals surface area contributed by atoms with Gasteiger partial charge in [0.1, 0.15) is 5.01 Å². The number of hydrogen-bond donors (Lipinski definition) is 1. The Balaban J connectivity index is 2.31. The summed E-state index contributed by atoms with van der Waals surface area (Å²) in [4.78, 5) is 5.86. The molecule has 1 rings (SSSR count). The number of thiazole rings is 1. The van der Waals surface area contributed by atoms with E-state index in [1.54, 1.807) is 0 Å². The minimum atomic E-state index is 0.812. The van der Waals surface area contributed by atoms with Crippen LogP contribution in [0, 0.1) is 19.8 Å². The van der Waals surface area contributed by atoms with E-state index in [2.05, 4.69) is 38.0 Å². The molecule has 3 heteroatoms. The first-order chi connectivity index (χ1) is 7.17. The van der Waals surface area contributed by atoms with Gasteiger partial charge in [0.05, 0.1) is 5.69 Å². The van der Waals surface area contributed by atoms with Crippen molar-refractivity contribution in [3.05, 3.63) is 15.6 Å². The summed E-state index contributed by atoms with van der Waals surface area (Å²) in [6, 6.07) is 0. The van der Waals surface area contributed by atoms with Crippen LogP contribution in [0.2, 0.25) is 0 Å². The molecule has 0 saturated heterocycles. The fraction of sp³-hybridized carbons (Fsp3) is 0.750. The van der Waals surface area contributed by atoms with Gasteiger partial charge in [-0.15, -0.1) is 11.3 Å². The molecule has 0 amide bonds. The van der Waals surface area contributed by atoms with Gasteiger partial charge in [-0.3, -0.25) is 0 Å². The summed E-state index contributed by atoms with van der Waals surface area (Å²) in [6.45, 7) is 10.8. The fourth-order valence-electron chi connectivity index (χ4n) is 1.58. The Labute approximate surface area is 97.1 Å². The Morgan fingerprint density at radius 3 is 2.40 bits per heavy atom. The molecule has 0 fully saturated rings. The molecule has 0 atom stereocenters. The summed E-state index contributed by atoms with van der Waals surface area (Å²) in [5.41, 5.74) is 1.18. The highest BCUT2D eigenvalue weighted by molar-refractivity contribution is 7.11. The molecule has 1 aromatic heterocycles. The monoisotopic (exact) mass is 226 g/mol. The van der Waals surface area contributed by atoms with Crippen molar-refractivity contribution in [3.8, 4) is 0 Å². The Hall–Kier alpha value is -0.410. The van der Waals surface area contributed by atoms with Gasteiger partial charge in [-0.2, -0.15) is 0 Å². The topological polar surface area (TPSA) is 24.9 Å². The zero-order chi connectivity index (χ0) is 11.3. The normalized spacial score (nSPS) is 11.3. The highest BCUT2D eigenvalue weighted by Gasteiger charge is 2.05. The molecule has 1 aromatic rings. The van der Waals surface area contributed by atoms with E-state index < -0.39 is 0 Å². The van der Waals surface area contributed by atoms with E-state index in [9.17, 15) is 0 Å². The standard InChI is InChI=1S/C12H22N2S/c1-5-11(6-2)7-13-8-12-14-9(3)10(4)15-12/h11,13H,5-8H2,1-4H3. The van der Waals surface area contributed by atoms with Gasteiger partial charge < -0.3 is 5.32 Å². The molecule has 0 bridgehead atoms. The number of aryl methyl sites for hydroxylation is 2. The third-order valence-corrected chi connectivity index (χ3v) is 4.01. The quantitative estimate of drug-likeness (QED) is 0.805. The Bertz CT molecular complexity index is 270. The maximum absolute atomic E-state index is 4.51. The SMILES string of the molecule is CCC(CC)CNCc1nc(C)c(C)s1. The third kappa shape index (κ3) is 3.92. The first kappa shape index (κ1) is 12.7. The number of aromatic nitrogens is 1. The first-order valence-corrected chi connectivity index (χ1v) is 6.62. The van der Waals surface area contributed by atoms with Crippen LogP contribution in [0.4, 0.5) is 0 Å². The zero-order valence-corrected chi connectivity index (χ0v) is 11.1. The molecule has 0 spiro atoms. The lowest BCUT2D eigenvalue weighted by atomic mass is 10.0. The minimum absolute atomic E-state index is 0.812. The maximum atomic E-state index is 4.51. The summed E-state index contributed by atoms with van der Waals surface area (Å²) in [6.07, 6.45) is 2.53. The van der Waals surface area contributed by atoms with Crippen molar-refractivity contribution in [3.63, 3.8) is 0 Å². The lowest BCUT2D eigenvalue weighted by Crippen LogP contribution is -2.21. The molecular weight excluding hydrogens is 204 g/mol. The van der Waals surface area contributed by atoms with E-state index in [0.29, 0.717) is 0 Å². The summed E-state index contributed by atoms with van der Waals surface area (Å²) in [5.74, 6) is 0.812. The van der Waals surface area contributed by atoms with E-state index in [4.69, 9.17) is 0 Å². The van der Waals surface area contributed by atoms with Crippen LogP contribution in [-0.2, 0) is 6.54 Å². The molecular formula is C12H22N2S. The largest absolute Gasteiger partial charge is 0.310 e. The molecule has 1 heterocycles. The van der Waals surface area contributed by atoms with Crippen molar-refractivity contribution in [2.75, 3.05) is 6.54 Å². The average Bonchev–Trinajstić information content (AvgIpc) is 2.53. The second-order valence-corrected chi connectivity index (χ2v) is 5.35. The van der Waals surface area contributed by atoms with Gasteiger partial charge in [-0.1, -0.05) is 26.7 Å². The second-order valence-electron chi connectivity index (χ2n) is 4.06. The number of nitrogens with zero attached hydrogens (tertiary/aromatic N) is 1. The second kappa shape index (κ2) is 6.23. The molecule has 0 saturated carbocycles. The number of nitrogens with one attached hydrogen (secondary N) is 1. The summed E-state index contributed by atoms with van der Waals surface area (Å²) >= 11 is 1.81. The zero-order valence-electron chi connectivity index (χ0n) is 10.3. The lowest BCUT2D eigenvalue weighted by Gasteiger charge is -2.12. The molecule has 15 heavy (non-hydrogen) atoms. The van der Waals surface area contributed by atoms with Crippen molar-refractivity contribution in [1.29, 1.82) is 0 Å². The van der Waals surface area contributed by atoms with Gasteiger partial charge in [0, 0.05) is 11.4 Å². The fourth-order valence-corrected chi connectivity index (χ4v) is 2.48. The van der Waals surface area contributed by atoms with Crippen molar-refractivity contribution in [2.24, 2.45) is 5.92 Å². The van der Waals surface area contributed by atoms with Gasteiger partial charge in [0.15, 0.2) is 0 Å². The van der Waals surface area contributed by atoms with Crippen LogP contribution in [-0.4, -0.2) is 11.5 Å². The smallest absolute Gasteiger partial charge is 0.107 e. The molecule has 0 radical (unpaired) electrons. The van der Waals surface area contributed by atoms with E-state index in [1.807, 2.05) is 11.3 Å². The van der Waals surface area contributed by atoms with Gasteiger partial charge in [0.25, 0.3) is 0 Å². The lowest BCUT2D eigenvalue weighted by molar-refractivity contribution is 0.449. The average molecular weight is 226 g/mol. The molecule has 0 unspecified atom stereocenters.